The second kappa shape index (κ2) is 23.9. The minimum atomic E-state index is -0.205. The van der Waals surface area contributed by atoms with Gasteiger partial charge in [0.1, 0.15) is 0 Å². The van der Waals surface area contributed by atoms with Crippen LogP contribution in [0.4, 0.5) is 17.1 Å². The highest BCUT2D eigenvalue weighted by molar-refractivity contribution is 6.46. The lowest BCUT2D eigenvalue weighted by atomic mass is 9.79. The molecule has 5 aromatic rings. The molecule has 12 heteroatoms. The van der Waals surface area contributed by atoms with Crippen LogP contribution in [0.15, 0.2) is 30.3 Å². The van der Waals surface area contributed by atoms with Crippen LogP contribution in [0.3, 0.4) is 0 Å². The Hall–Kier alpha value is -5.04. The molecule has 0 unspecified atom stereocenters. The van der Waals surface area contributed by atoms with Crippen LogP contribution in [0.1, 0.15) is 198 Å². The molecule has 74 heavy (non-hydrogen) atoms. The van der Waals surface area contributed by atoms with Crippen molar-refractivity contribution >= 4 is 83.8 Å². The molecule has 0 bridgehead atoms. The minimum Gasteiger partial charge on any atom is -0.378 e. The number of rotatable bonds is 25. The van der Waals surface area contributed by atoms with E-state index in [-0.39, 0.29) is 35.7 Å². The lowest BCUT2D eigenvalue weighted by Gasteiger charge is -2.40. The van der Waals surface area contributed by atoms with Gasteiger partial charge < -0.3 is 28.9 Å². The molecule has 0 spiro atoms. The van der Waals surface area contributed by atoms with E-state index < -0.39 is 0 Å². The Morgan fingerprint density at radius 2 is 0.689 bits per heavy atom. The average molecular weight is 1010 g/mol. The lowest BCUT2D eigenvalue weighted by Crippen LogP contribution is -2.47. The van der Waals surface area contributed by atoms with Crippen LogP contribution in [0.5, 0.6) is 0 Å². The molecule has 0 saturated carbocycles. The average Bonchev–Trinajstić information content (AvgIpc) is 3.44. The first-order valence-electron chi connectivity index (χ1n) is 29.4. The normalized spacial score (nSPS) is 17.7. The minimum absolute atomic E-state index is 0.189. The van der Waals surface area contributed by atoms with Crippen molar-refractivity contribution in [3.8, 4) is 0 Å². The SMILES string of the molecule is CCCCCCC(CCCCCC)N1C(=O)c2ccc3c4c(N5CCOCC5)cc5c6c(cc(N7CCOCC7)c(c7c(N8CCOCC8)cc(c2c37)C1=O)c64)C(=O)N(C(CCCCCC)CCCCCC)C5=O. The third-order valence-corrected chi connectivity index (χ3v) is 17.3. The van der Waals surface area contributed by atoms with Crippen LogP contribution in [0.25, 0.3) is 43.1 Å². The summed E-state index contributed by atoms with van der Waals surface area (Å²) in [6.07, 6.45) is 20.4. The molecule has 0 radical (unpaired) electrons. The predicted molar refractivity (Wildman–Crippen MR) is 300 cm³/mol. The van der Waals surface area contributed by atoms with E-state index in [1.54, 1.807) is 9.80 Å². The number of morpholine rings is 3. The summed E-state index contributed by atoms with van der Waals surface area (Å²) in [5.41, 5.74) is 5.10. The second-order valence-electron chi connectivity index (χ2n) is 22.1. The number of carbonyl (C=O) groups excluding carboxylic acids is 4. The summed E-state index contributed by atoms with van der Waals surface area (Å²) in [6, 6.07) is 10.0. The number of benzene rings is 5. The van der Waals surface area contributed by atoms with Gasteiger partial charge in [0.2, 0.25) is 0 Å². The largest absolute Gasteiger partial charge is 0.378 e. The Morgan fingerprint density at radius 3 is 1.05 bits per heavy atom. The molecule has 0 atom stereocenters. The highest BCUT2D eigenvalue weighted by atomic mass is 16.5. The van der Waals surface area contributed by atoms with Crippen molar-refractivity contribution in [1.29, 1.82) is 0 Å². The van der Waals surface area contributed by atoms with Gasteiger partial charge in [-0.25, -0.2) is 0 Å². The van der Waals surface area contributed by atoms with Crippen LogP contribution in [0.2, 0.25) is 0 Å². The van der Waals surface area contributed by atoms with Gasteiger partial charge in [0.05, 0.1) is 56.3 Å². The van der Waals surface area contributed by atoms with Gasteiger partial charge in [0.25, 0.3) is 23.6 Å². The Kier molecular flexibility index (Phi) is 16.9. The number of imide groups is 2. The van der Waals surface area contributed by atoms with Crippen LogP contribution in [-0.4, -0.2) is 124 Å². The Morgan fingerprint density at radius 1 is 0.365 bits per heavy atom. The Bertz CT molecular complexity index is 2780. The van der Waals surface area contributed by atoms with Crippen molar-refractivity contribution in [1.82, 2.24) is 9.80 Å². The summed E-state index contributed by atoms with van der Waals surface area (Å²) in [7, 11) is 0. The smallest absolute Gasteiger partial charge is 0.261 e. The number of anilines is 3. The van der Waals surface area contributed by atoms with E-state index in [4.69, 9.17) is 14.2 Å². The third kappa shape index (κ3) is 9.85. The van der Waals surface area contributed by atoms with E-state index in [2.05, 4.69) is 66.7 Å². The Labute approximate surface area is 439 Å². The number of carbonyl (C=O) groups is 4. The molecule has 5 heterocycles. The van der Waals surface area contributed by atoms with Gasteiger partial charge in [-0.3, -0.25) is 29.0 Å². The summed E-state index contributed by atoms with van der Waals surface area (Å²) in [6.45, 7) is 15.9. The molecule has 3 saturated heterocycles. The van der Waals surface area contributed by atoms with Gasteiger partial charge in [-0.2, -0.15) is 0 Å². The molecule has 12 nitrogen and oxygen atoms in total. The van der Waals surface area contributed by atoms with Crippen molar-refractivity contribution in [2.24, 2.45) is 0 Å². The zero-order valence-electron chi connectivity index (χ0n) is 45.3. The van der Waals surface area contributed by atoms with Crippen molar-refractivity contribution in [2.75, 3.05) is 93.6 Å². The highest BCUT2D eigenvalue weighted by Gasteiger charge is 2.43. The molecule has 5 aliphatic heterocycles. The van der Waals surface area contributed by atoms with Crippen LogP contribution >= 0.6 is 0 Å². The van der Waals surface area contributed by atoms with E-state index in [1.807, 2.05) is 6.07 Å². The van der Waals surface area contributed by atoms with Crippen molar-refractivity contribution in [2.45, 2.75) is 168 Å². The number of ether oxygens (including phenoxy) is 3. The molecule has 4 amide bonds. The molecular weight excluding hydrogens is 927 g/mol. The molecule has 3 fully saturated rings. The quantitative estimate of drug-likeness (QED) is 0.0242. The van der Waals surface area contributed by atoms with E-state index >= 15 is 19.2 Å². The zero-order chi connectivity index (χ0) is 51.3. The molecule has 0 aliphatic carbocycles. The van der Waals surface area contributed by atoms with E-state index in [0.717, 1.165) is 178 Å². The predicted octanol–water partition coefficient (Wildman–Crippen LogP) is 13.1. The Balaban J connectivity index is 1.26. The fourth-order valence-electron chi connectivity index (χ4n) is 13.4. The van der Waals surface area contributed by atoms with E-state index in [9.17, 15) is 0 Å². The zero-order valence-corrected chi connectivity index (χ0v) is 45.3. The monoisotopic (exact) mass is 1010 g/mol. The fraction of sp³-hybridized carbons (Fsp3) is 0.613. The molecule has 0 N–H and O–H groups in total. The maximum absolute atomic E-state index is 15.8. The van der Waals surface area contributed by atoms with Gasteiger partial charge in [-0.1, -0.05) is 136 Å². The fourth-order valence-corrected chi connectivity index (χ4v) is 13.4. The number of unbranched alkanes of at least 4 members (excludes halogenated alkanes) is 12. The van der Waals surface area contributed by atoms with Gasteiger partial charge in [-0.15, -0.1) is 0 Å². The number of nitrogens with zero attached hydrogens (tertiary/aromatic N) is 5. The van der Waals surface area contributed by atoms with Gasteiger partial charge in [0, 0.05) is 112 Å². The number of hydrogen-bond acceptors (Lipinski definition) is 10. The van der Waals surface area contributed by atoms with Gasteiger partial charge in [-0.05, 0) is 55.3 Å². The van der Waals surface area contributed by atoms with Crippen LogP contribution in [-0.2, 0) is 14.2 Å². The van der Waals surface area contributed by atoms with Crippen molar-refractivity contribution in [3.05, 3.63) is 52.6 Å². The van der Waals surface area contributed by atoms with Crippen molar-refractivity contribution < 1.29 is 33.4 Å². The van der Waals surface area contributed by atoms with E-state index in [0.29, 0.717) is 112 Å². The van der Waals surface area contributed by atoms with Crippen molar-refractivity contribution in [3.63, 3.8) is 0 Å². The van der Waals surface area contributed by atoms with Crippen LogP contribution in [0, 0.1) is 0 Å². The summed E-state index contributed by atoms with van der Waals surface area (Å²) in [5, 5.41) is 7.05. The number of fused-ring (bicyclic) bond motifs is 2. The number of amides is 4. The maximum atomic E-state index is 15.8. The number of hydrogen-bond donors (Lipinski definition) is 0. The second-order valence-corrected chi connectivity index (χ2v) is 22.1. The lowest BCUT2D eigenvalue weighted by molar-refractivity contribution is 0.0501. The summed E-state index contributed by atoms with van der Waals surface area (Å²) < 4.78 is 18.0. The molecule has 398 valence electrons. The molecule has 5 aromatic carbocycles. The van der Waals surface area contributed by atoms with Crippen LogP contribution < -0.4 is 14.7 Å². The molecule has 0 aromatic heterocycles. The first-order chi connectivity index (χ1) is 36.3. The van der Waals surface area contributed by atoms with E-state index in [1.165, 1.54) is 0 Å². The molecular formula is C62H83N5O7. The summed E-state index contributed by atoms with van der Waals surface area (Å²) >= 11 is 0. The third-order valence-electron chi connectivity index (χ3n) is 17.3. The molecule has 10 rings (SSSR count). The first-order valence-corrected chi connectivity index (χ1v) is 29.4. The first kappa shape index (κ1) is 52.4. The summed E-state index contributed by atoms with van der Waals surface area (Å²) in [5.74, 6) is -0.818. The van der Waals surface area contributed by atoms with Gasteiger partial charge >= 0.3 is 0 Å². The topological polar surface area (TPSA) is 112 Å². The standard InChI is InChI=1S/C62H83N5O7/c1-5-9-13-17-21-42(22-18-14-10-6-2)66-59(68)45-26-25-44-54-49(63-27-33-72-34-28-63)39-47-53-48(62(71)67(61(47)70)43(23-19-15-11-7-3)24-20-16-12-8-4)41-51(65-31-37-74-38-32-65)57(58(53)54)56-50(64-29-35-73-36-30-64)40-46(60(66)69)52(45)55(44)56/h25-26,39-43H,5-24,27-38H2,1-4H3. The summed E-state index contributed by atoms with van der Waals surface area (Å²) in [4.78, 5) is 73.1. The molecule has 5 aliphatic rings. The van der Waals surface area contributed by atoms with Gasteiger partial charge in [0.15, 0.2) is 0 Å². The highest BCUT2D eigenvalue weighted by Crippen LogP contribution is 2.55. The maximum Gasteiger partial charge on any atom is 0.261 e.